The summed E-state index contributed by atoms with van der Waals surface area (Å²) in [5.74, 6) is 2.16. The molecule has 0 unspecified atom stereocenters. The van der Waals surface area contributed by atoms with Crippen LogP contribution in [0.1, 0.15) is 64.9 Å². The summed E-state index contributed by atoms with van der Waals surface area (Å²) < 4.78 is 8.49. The Labute approximate surface area is 293 Å². The van der Waals surface area contributed by atoms with Crippen LogP contribution in [0.2, 0.25) is 0 Å². The first-order valence-electron chi connectivity index (χ1n) is 17.3. The predicted molar refractivity (Wildman–Crippen MR) is 195 cm³/mol. The minimum atomic E-state index is -0.475. The standard InChI is InChI=1S/C39H37N7O3S/c1-22-29(20-42-46(22)21-39-17-23-14-24(18-39)16-25(15-23)19-39)26-9-10-27-30(11-13-40-34(27)33(26)37(48)49-2)43-35-28(6-5-12-41-35)36(47)45-38-44-31-7-3-4-8-32(31)50-38/h3-13,20,23-25H,14-19,21H2,1-2H3,(H,40,41,43)(H,44,45,47). The fourth-order valence-electron chi connectivity index (χ4n) is 9.44. The third kappa shape index (κ3) is 5.31. The Morgan fingerprint density at radius 3 is 2.48 bits per heavy atom. The molecule has 50 heavy (non-hydrogen) atoms. The van der Waals surface area contributed by atoms with Crippen LogP contribution in [0, 0.1) is 30.1 Å². The molecule has 2 N–H and O–H groups in total. The van der Waals surface area contributed by atoms with Crippen LogP contribution in [0.5, 0.6) is 0 Å². The number of pyridine rings is 2. The fourth-order valence-corrected chi connectivity index (χ4v) is 10.3. The van der Waals surface area contributed by atoms with Crippen molar-refractivity contribution in [1.82, 2.24) is 24.7 Å². The van der Waals surface area contributed by atoms with Crippen molar-refractivity contribution in [3.63, 3.8) is 0 Å². The van der Waals surface area contributed by atoms with E-state index in [0.29, 0.717) is 44.1 Å². The number of carbonyl (C=O) groups excluding carboxylic acids is 2. The Morgan fingerprint density at radius 1 is 0.940 bits per heavy atom. The first-order valence-corrected chi connectivity index (χ1v) is 18.1. The molecule has 0 saturated heterocycles. The van der Waals surface area contributed by atoms with Crippen LogP contribution in [0.15, 0.2) is 73.2 Å². The van der Waals surface area contributed by atoms with Gasteiger partial charge in [0.1, 0.15) is 5.82 Å². The fraction of sp³-hybridized carbons (Fsp3) is 0.333. The number of fused-ring (bicyclic) bond motifs is 2. The molecule has 10 nitrogen and oxygen atoms in total. The van der Waals surface area contributed by atoms with Crippen LogP contribution in [-0.2, 0) is 11.3 Å². The summed E-state index contributed by atoms with van der Waals surface area (Å²) in [7, 11) is 1.39. The van der Waals surface area contributed by atoms with E-state index >= 15 is 0 Å². The molecule has 1 amide bonds. The summed E-state index contributed by atoms with van der Waals surface area (Å²) in [6.07, 6.45) is 13.3. The molecule has 2 aromatic carbocycles. The van der Waals surface area contributed by atoms with Gasteiger partial charge in [0.25, 0.3) is 5.91 Å². The number of benzene rings is 2. The second kappa shape index (κ2) is 12.0. The molecule has 4 fully saturated rings. The van der Waals surface area contributed by atoms with E-state index in [1.807, 2.05) is 48.7 Å². The monoisotopic (exact) mass is 683 g/mol. The highest BCUT2D eigenvalue weighted by Crippen LogP contribution is 2.60. The van der Waals surface area contributed by atoms with Gasteiger partial charge in [-0.1, -0.05) is 35.6 Å². The normalized spacial score (nSPS) is 22.2. The average Bonchev–Trinajstić information content (AvgIpc) is 3.68. The highest BCUT2D eigenvalue weighted by molar-refractivity contribution is 7.22. The zero-order valence-electron chi connectivity index (χ0n) is 28.0. The number of hydrogen-bond donors (Lipinski definition) is 2. The van der Waals surface area contributed by atoms with E-state index in [2.05, 4.69) is 37.2 Å². The van der Waals surface area contributed by atoms with Crippen molar-refractivity contribution in [2.45, 2.75) is 52.0 Å². The summed E-state index contributed by atoms with van der Waals surface area (Å²) >= 11 is 1.41. The molecule has 11 heteroatoms. The highest BCUT2D eigenvalue weighted by Gasteiger charge is 2.51. The number of carbonyl (C=O) groups is 2. The Bertz CT molecular complexity index is 2240. The maximum Gasteiger partial charge on any atom is 0.340 e. The lowest BCUT2D eigenvalue weighted by Gasteiger charge is -2.56. The van der Waals surface area contributed by atoms with E-state index in [-0.39, 0.29) is 5.91 Å². The molecule has 252 valence electrons. The number of ether oxygens (including phenoxy) is 1. The molecule has 6 aromatic rings. The smallest absolute Gasteiger partial charge is 0.340 e. The number of thiazole rings is 1. The van der Waals surface area contributed by atoms with Gasteiger partial charge in [-0.05, 0) is 98.9 Å². The maximum atomic E-state index is 13.5. The zero-order valence-corrected chi connectivity index (χ0v) is 28.8. The molecular formula is C39H37N7O3S. The number of aromatic nitrogens is 5. The van der Waals surface area contributed by atoms with E-state index < -0.39 is 5.97 Å². The molecule has 4 aliphatic rings. The van der Waals surface area contributed by atoms with Crippen LogP contribution in [-0.4, -0.2) is 43.7 Å². The van der Waals surface area contributed by atoms with Crippen molar-refractivity contribution in [1.29, 1.82) is 0 Å². The van der Waals surface area contributed by atoms with Crippen LogP contribution in [0.3, 0.4) is 0 Å². The second-order valence-corrected chi connectivity index (χ2v) is 15.4. The van der Waals surface area contributed by atoms with Gasteiger partial charge in [0, 0.05) is 41.1 Å². The highest BCUT2D eigenvalue weighted by atomic mass is 32.1. The Kier molecular flexibility index (Phi) is 7.42. The number of esters is 1. The number of nitrogens with one attached hydrogen (secondary N) is 2. The Morgan fingerprint density at radius 2 is 1.72 bits per heavy atom. The number of anilines is 3. The van der Waals surface area contributed by atoms with Crippen LogP contribution in [0.4, 0.5) is 16.6 Å². The third-order valence-electron chi connectivity index (χ3n) is 11.2. The minimum absolute atomic E-state index is 0.328. The van der Waals surface area contributed by atoms with Crippen molar-refractivity contribution in [3.05, 3.63) is 90.0 Å². The van der Waals surface area contributed by atoms with Crippen molar-refractivity contribution in [2.75, 3.05) is 17.7 Å². The van der Waals surface area contributed by atoms with Gasteiger partial charge < -0.3 is 10.1 Å². The number of amides is 1. The summed E-state index contributed by atoms with van der Waals surface area (Å²) in [5.41, 5.74) is 5.69. The van der Waals surface area contributed by atoms with Gasteiger partial charge in [0.2, 0.25) is 0 Å². The van der Waals surface area contributed by atoms with E-state index in [1.165, 1.54) is 57.0 Å². The van der Waals surface area contributed by atoms with Crippen molar-refractivity contribution < 1.29 is 14.3 Å². The molecular weight excluding hydrogens is 647 g/mol. The summed E-state index contributed by atoms with van der Waals surface area (Å²) in [6.45, 7) is 3.02. The van der Waals surface area contributed by atoms with Gasteiger partial charge >= 0.3 is 5.97 Å². The molecule has 4 aromatic heterocycles. The molecule has 0 aliphatic heterocycles. The molecule has 10 rings (SSSR count). The topological polar surface area (TPSA) is 124 Å². The van der Waals surface area contributed by atoms with Gasteiger partial charge in [0.15, 0.2) is 5.13 Å². The second-order valence-electron chi connectivity index (χ2n) is 14.4. The lowest BCUT2D eigenvalue weighted by molar-refractivity contribution is -0.0638. The van der Waals surface area contributed by atoms with Gasteiger partial charge in [-0.3, -0.25) is 19.8 Å². The maximum absolute atomic E-state index is 13.5. The van der Waals surface area contributed by atoms with Crippen molar-refractivity contribution in [2.24, 2.45) is 23.2 Å². The zero-order chi connectivity index (χ0) is 34.0. The number of nitrogens with zero attached hydrogens (tertiary/aromatic N) is 5. The van der Waals surface area contributed by atoms with Gasteiger partial charge in [-0.2, -0.15) is 5.10 Å². The van der Waals surface area contributed by atoms with Gasteiger partial charge in [-0.25, -0.2) is 14.8 Å². The van der Waals surface area contributed by atoms with Crippen molar-refractivity contribution >= 4 is 61.0 Å². The van der Waals surface area contributed by atoms with E-state index in [0.717, 1.165) is 51.3 Å². The lowest BCUT2D eigenvalue weighted by Crippen LogP contribution is -2.48. The van der Waals surface area contributed by atoms with Crippen LogP contribution < -0.4 is 10.6 Å². The number of hydrogen-bond acceptors (Lipinski definition) is 9. The summed E-state index contributed by atoms with van der Waals surface area (Å²) in [4.78, 5) is 40.7. The average molecular weight is 684 g/mol. The summed E-state index contributed by atoms with van der Waals surface area (Å²) in [6, 6.07) is 16.9. The van der Waals surface area contributed by atoms with E-state index in [1.54, 1.807) is 24.5 Å². The minimum Gasteiger partial charge on any atom is -0.465 e. The molecule has 0 spiro atoms. The molecule has 4 heterocycles. The Hall–Kier alpha value is -5.16. The molecule has 4 saturated carbocycles. The van der Waals surface area contributed by atoms with E-state index in [4.69, 9.17) is 9.84 Å². The van der Waals surface area contributed by atoms with Gasteiger partial charge in [0.05, 0.1) is 45.9 Å². The quantitative estimate of drug-likeness (QED) is 0.153. The lowest BCUT2D eigenvalue weighted by atomic mass is 9.49. The molecule has 4 bridgehead atoms. The summed E-state index contributed by atoms with van der Waals surface area (Å²) in [5, 5.41) is 12.4. The molecule has 4 aliphatic carbocycles. The van der Waals surface area contributed by atoms with Crippen molar-refractivity contribution in [3.8, 4) is 11.1 Å². The predicted octanol–water partition coefficient (Wildman–Crippen LogP) is 8.41. The Balaban J connectivity index is 1.04. The van der Waals surface area contributed by atoms with Gasteiger partial charge in [-0.15, -0.1) is 0 Å². The number of rotatable bonds is 8. The molecule has 0 radical (unpaired) electrons. The first kappa shape index (κ1) is 30.9. The SMILES string of the molecule is COC(=O)c1c(-c2cnn(CC34CC5CC(CC(C5)C3)C4)c2C)ccc2c(Nc3ncccc3C(=O)Nc3nc4ccccc4s3)ccnc12. The van der Waals surface area contributed by atoms with Crippen LogP contribution >= 0.6 is 11.3 Å². The molecule has 0 atom stereocenters. The van der Waals surface area contributed by atoms with Crippen LogP contribution in [0.25, 0.3) is 32.2 Å². The van der Waals surface area contributed by atoms with E-state index in [9.17, 15) is 9.59 Å². The third-order valence-corrected chi connectivity index (χ3v) is 12.1. The first-order chi connectivity index (χ1) is 24.4. The largest absolute Gasteiger partial charge is 0.465 e. The number of para-hydroxylation sites is 1. The number of methoxy groups -OCH3 is 1.